The number of benzene rings is 1. The Hall–Kier alpha value is -4.25. The van der Waals surface area contributed by atoms with Crippen LogP contribution in [-0.4, -0.2) is 6.29 Å². The summed E-state index contributed by atoms with van der Waals surface area (Å²) in [5, 5.41) is 0. The average molecular weight is 408 g/mol. The van der Waals surface area contributed by atoms with Crippen molar-refractivity contribution in [1.82, 2.24) is 0 Å². The first kappa shape index (κ1) is 18.8. The van der Waals surface area contributed by atoms with E-state index in [-0.39, 0.29) is 0 Å². The van der Waals surface area contributed by atoms with Crippen molar-refractivity contribution in [2.75, 3.05) is 0 Å². The maximum atomic E-state index is 13.0. The van der Waals surface area contributed by atoms with Gasteiger partial charge in [-0.2, -0.15) is 0 Å². The summed E-state index contributed by atoms with van der Waals surface area (Å²) in [4.78, 5) is 37.5. The van der Waals surface area contributed by atoms with Crippen molar-refractivity contribution in [3.8, 4) is 22.6 Å². The molecule has 0 spiro atoms. The molecule has 0 aromatic heterocycles. The van der Waals surface area contributed by atoms with Crippen LogP contribution in [0.3, 0.4) is 0 Å². The van der Waals surface area contributed by atoms with Crippen molar-refractivity contribution < 1.29 is 13.6 Å². The molecule has 0 radical (unpaired) electrons. The van der Waals surface area contributed by atoms with Gasteiger partial charge in [0.1, 0.15) is 17.8 Å². The van der Waals surface area contributed by atoms with E-state index in [1.807, 2.05) is 24.3 Å². The zero-order valence-corrected chi connectivity index (χ0v) is 16.3. The molecule has 1 aromatic rings. The molecule has 0 amide bonds. The SMILES string of the molecule is O=Cc1cccc(C(c2c3cccccc-3oc2=O)c2c3cccccc-3oc2=O)c1. The molecule has 4 aliphatic rings. The summed E-state index contributed by atoms with van der Waals surface area (Å²) in [6, 6.07) is 24.7. The van der Waals surface area contributed by atoms with Gasteiger partial charge in [-0.3, -0.25) is 4.79 Å². The van der Waals surface area contributed by atoms with Crippen molar-refractivity contribution in [2.24, 2.45) is 0 Å². The van der Waals surface area contributed by atoms with Gasteiger partial charge >= 0.3 is 11.3 Å². The topological polar surface area (TPSA) is 77.5 Å². The van der Waals surface area contributed by atoms with Crippen LogP contribution < -0.4 is 11.3 Å². The van der Waals surface area contributed by atoms with E-state index in [0.29, 0.717) is 44.9 Å². The zero-order valence-electron chi connectivity index (χ0n) is 16.3. The zero-order chi connectivity index (χ0) is 21.4. The van der Waals surface area contributed by atoms with Crippen molar-refractivity contribution in [3.63, 3.8) is 0 Å². The molecule has 0 saturated heterocycles. The van der Waals surface area contributed by atoms with Crippen LogP contribution in [0.5, 0.6) is 0 Å². The van der Waals surface area contributed by atoms with Crippen LogP contribution in [0, 0.1) is 0 Å². The summed E-state index contributed by atoms with van der Waals surface area (Å²) < 4.78 is 11.1. The molecular formula is C26H16O5. The summed E-state index contributed by atoms with van der Waals surface area (Å²) >= 11 is 0. The Kier molecular flexibility index (Phi) is 4.56. The van der Waals surface area contributed by atoms with E-state index < -0.39 is 17.2 Å². The number of carbonyl (C=O) groups excluding carboxylic acids is 1. The van der Waals surface area contributed by atoms with Gasteiger partial charge in [0.15, 0.2) is 0 Å². The van der Waals surface area contributed by atoms with Gasteiger partial charge in [0.2, 0.25) is 0 Å². The van der Waals surface area contributed by atoms with E-state index >= 15 is 0 Å². The minimum absolute atomic E-state index is 0.334. The van der Waals surface area contributed by atoms with Gasteiger partial charge in [-0.05, 0) is 23.8 Å². The Morgan fingerprint density at radius 1 is 0.645 bits per heavy atom. The lowest BCUT2D eigenvalue weighted by molar-refractivity contribution is 0.112. The number of fused-ring (bicyclic) bond motifs is 2. The quantitative estimate of drug-likeness (QED) is 0.400. The summed E-state index contributed by atoms with van der Waals surface area (Å²) in [7, 11) is 0. The minimum atomic E-state index is -0.771. The van der Waals surface area contributed by atoms with Gasteiger partial charge in [0.05, 0.1) is 11.1 Å². The Morgan fingerprint density at radius 2 is 1.19 bits per heavy atom. The maximum Gasteiger partial charge on any atom is 0.341 e. The highest BCUT2D eigenvalue weighted by atomic mass is 16.4. The lowest BCUT2D eigenvalue weighted by atomic mass is 9.82. The van der Waals surface area contributed by atoms with Crippen LogP contribution in [0.4, 0.5) is 0 Å². The predicted octanol–water partition coefficient (Wildman–Crippen LogP) is 4.80. The Bertz CT molecular complexity index is 1370. The minimum Gasteiger partial charge on any atom is -0.422 e. The number of hydrogen-bond donors (Lipinski definition) is 0. The van der Waals surface area contributed by atoms with E-state index in [2.05, 4.69) is 0 Å². The third-order valence-corrected chi connectivity index (χ3v) is 5.38. The molecule has 150 valence electrons. The molecule has 31 heavy (non-hydrogen) atoms. The van der Waals surface area contributed by atoms with E-state index in [1.165, 1.54) is 0 Å². The van der Waals surface area contributed by atoms with E-state index in [4.69, 9.17) is 8.83 Å². The van der Waals surface area contributed by atoms with Crippen LogP contribution in [-0.2, 0) is 0 Å². The smallest absolute Gasteiger partial charge is 0.341 e. The third-order valence-electron chi connectivity index (χ3n) is 5.38. The van der Waals surface area contributed by atoms with Crippen molar-refractivity contribution in [3.05, 3.63) is 128 Å². The molecule has 5 nitrogen and oxygen atoms in total. The molecular weight excluding hydrogens is 392 g/mol. The molecule has 2 aliphatic carbocycles. The van der Waals surface area contributed by atoms with Crippen LogP contribution in [0.1, 0.15) is 33.0 Å². The second-order valence-corrected chi connectivity index (χ2v) is 7.20. The van der Waals surface area contributed by atoms with Gasteiger partial charge in [0.25, 0.3) is 0 Å². The summed E-state index contributed by atoms with van der Waals surface area (Å²) in [6.07, 6.45) is 0.734. The van der Waals surface area contributed by atoms with E-state index in [9.17, 15) is 14.4 Å². The van der Waals surface area contributed by atoms with Gasteiger partial charge in [0, 0.05) is 22.6 Å². The second kappa shape index (κ2) is 7.54. The number of furan rings is 2. The molecule has 0 unspecified atom stereocenters. The highest BCUT2D eigenvalue weighted by molar-refractivity contribution is 5.76. The maximum absolute atomic E-state index is 13.0. The fraction of sp³-hybridized carbons (Fsp3) is 0.0385. The van der Waals surface area contributed by atoms with Crippen molar-refractivity contribution >= 4 is 6.29 Å². The fourth-order valence-electron chi connectivity index (χ4n) is 4.05. The normalized spacial score (nSPS) is 11.3. The van der Waals surface area contributed by atoms with E-state index in [0.717, 1.165) is 6.29 Å². The highest BCUT2D eigenvalue weighted by Crippen LogP contribution is 2.40. The van der Waals surface area contributed by atoms with Crippen LogP contribution >= 0.6 is 0 Å². The van der Waals surface area contributed by atoms with Gasteiger partial charge in [-0.1, -0.05) is 66.7 Å². The van der Waals surface area contributed by atoms with Crippen molar-refractivity contribution in [1.29, 1.82) is 0 Å². The van der Waals surface area contributed by atoms with E-state index in [1.54, 1.807) is 60.7 Å². The largest absolute Gasteiger partial charge is 0.422 e. The molecule has 2 heterocycles. The van der Waals surface area contributed by atoms with Gasteiger partial charge < -0.3 is 8.83 Å². The monoisotopic (exact) mass is 408 g/mol. The van der Waals surface area contributed by atoms with Gasteiger partial charge in [-0.15, -0.1) is 0 Å². The first-order chi connectivity index (χ1) is 15.2. The number of hydrogen-bond acceptors (Lipinski definition) is 5. The van der Waals surface area contributed by atoms with Crippen LogP contribution in [0.25, 0.3) is 22.6 Å². The van der Waals surface area contributed by atoms with Crippen LogP contribution in [0.15, 0.2) is 103 Å². The molecule has 5 rings (SSSR count). The molecule has 0 saturated carbocycles. The molecule has 0 bridgehead atoms. The second-order valence-electron chi connectivity index (χ2n) is 7.20. The summed E-state index contributed by atoms with van der Waals surface area (Å²) in [6.45, 7) is 0. The number of rotatable bonds is 4. The highest BCUT2D eigenvalue weighted by Gasteiger charge is 2.33. The number of aldehydes is 1. The molecule has 0 fully saturated rings. The molecule has 5 heteroatoms. The Balaban J connectivity index is 1.88. The lowest BCUT2D eigenvalue weighted by Crippen LogP contribution is -2.17. The molecule has 0 atom stereocenters. The predicted molar refractivity (Wildman–Crippen MR) is 116 cm³/mol. The van der Waals surface area contributed by atoms with Crippen LogP contribution in [0.2, 0.25) is 0 Å². The lowest BCUT2D eigenvalue weighted by Gasteiger charge is -2.16. The molecule has 0 N–H and O–H groups in total. The summed E-state index contributed by atoms with van der Waals surface area (Å²) in [5.74, 6) is 0.0758. The van der Waals surface area contributed by atoms with Gasteiger partial charge in [-0.25, -0.2) is 9.59 Å². The molecule has 2 aliphatic heterocycles. The number of carbonyl (C=O) groups is 1. The Morgan fingerprint density at radius 3 is 1.74 bits per heavy atom. The average Bonchev–Trinajstić information content (AvgIpc) is 3.03. The molecule has 1 aromatic carbocycles. The first-order valence-electron chi connectivity index (χ1n) is 9.76. The Labute approximate surface area is 176 Å². The fourth-order valence-corrected chi connectivity index (χ4v) is 4.05. The summed E-state index contributed by atoms with van der Waals surface area (Å²) in [5.41, 5.74) is 1.88. The standard InChI is InChI=1S/C26H16O5/c27-15-16-8-7-9-17(14-16)22(23-18-10-3-1-5-12-20(18)30-25(23)28)24-19-11-4-2-6-13-21(19)31-26(24)29/h1-15,22H. The van der Waals surface area contributed by atoms with Crippen molar-refractivity contribution in [2.45, 2.75) is 5.92 Å². The first-order valence-corrected chi connectivity index (χ1v) is 9.76. The third kappa shape index (κ3) is 3.16.